The molecule has 2 N–H and O–H groups in total. The molecule has 2 rings (SSSR count). The molecule has 152 valence electrons. The van der Waals surface area contributed by atoms with Gasteiger partial charge in [0.15, 0.2) is 12.7 Å². The van der Waals surface area contributed by atoms with Crippen molar-refractivity contribution in [2.24, 2.45) is 5.92 Å². The van der Waals surface area contributed by atoms with Crippen LogP contribution < -0.4 is 15.4 Å². The van der Waals surface area contributed by atoms with E-state index in [0.717, 1.165) is 0 Å². The molecule has 9 heteroatoms. The number of amides is 2. The number of rotatable bonds is 8. The second kappa shape index (κ2) is 9.72. The number of carbonyl (C=O) groups is 4. The molecular weight excluding hydrogens is 368 g/mol. The van der Waals surface area contributed by atoms with E-state index < -0.39 is 42.5 Å². The summed E-state index contributed by atoms with van der Waals surface area (Å²) in [4.78, 5) is 47.8. The van der Waals surface area contributed by atoms with Gasteiger partial charge in [0.25, 0.3) is 11.8 Å². The number of carbonyl (C=O) groups excluding carboxylic acids is 4. The zero-order valence-corrected chi connectivity index (χ0v) is 16.0. The number of anilines is 1. The molecule has 1 aromatic carbocycles. The van der Waals surface area contributed by atoms with Crippen molar-refractivity contribution in [3.05, 3.63) is 24.3 Å². The van der Waals surface area contributed by atoms with Gasteiger partial charge in [0.05, 0.1) is 19.2 Å². The number of benzene rings is 1. The molecule has 0 saturated carbocycles. The van der Waals surface area contributed by atoms with Crippen molar-refractivity contribution in [2.75, 3.05) is 19.0 Å². The first-order valence-electron chi connectivity index (χ1n) is 8.95. The van der Waals surface area contributed by atoms with E-state index in [1.807, 2.05) is 6.92 Å². The van der Waals surface area contributed by atoms with E-state index in [2.05, 4.69) is 15.4 Å². The Morgan fingerprint density at radius 1 is 1.29 bits per heavy atom. The van der Waals surface area contributed by atoms with Crippen LogP contribution in [-0.4, -0.2) is 49.6 Å². The van der Waals surface area contributed by atoms with Crippen LogP contribution >= 0.6 is 0 Å². The third-order valence-electron chi connectivity index (χ3n) is 4.41. The highest BCUT2D eigenvalue weighted by Crippen LogP contribution is 2.29. The molecule has 0 spiro atoms. The van der Waals surface area contributed by atoms with E-state index in [1.165, 1.54) is 7.11 Å². The molecular formula is C19H24N2O7. The first kappa shape index (κ1) is 21.2. The van der Waals surface area contributed by atoms with Gasteiger partial charge in [-0.25, -0.2) is 4.79 Å². The van der Waals surface area contributed by atoms with Gasteiger partial charge < -0.3 is 24.8 Å². The summed E-state index contributed by atoms with van der Waals surface area (Å²) in [7, 11) is 1.23. The zero-order valence-electron chi connectivity index (χ0n) is 16.0. The zero-order chi connectivity index (χ0) is 20.7. The predicted molar refractivity (Wildman–Crippen MR) is 98.5 cm³/mol. The van der Waals surface area contributed by atoms with Gasteiger partial charge in [-0.1, -0.05) is 32.4 Å². The van der Waals surface area contributed by atoms with E-state index in [-0.39, 0.29) is 12.3 Å². The summed E-state index contributed by atoms with van der Waals surface area (Å²) in [5.41, 5.74) is 0.524. The first-order valence-corrected chi connectivity index (χ1v) is 8.95. The Kier molecular flexibility index (Phi) is 7.36. The standard InChI is InChI=1S/C19H24N2O7/c1-4-11(2)17(19(25)26-3)21-15(22)10-27-16(23)9-14-18(24)20-12-7-5-6-8-13(12)28-14/h5-8,11,14,17H,4,9-10H2,1-3H3,(H,20,24)(H,21,22)/t11-,14+,17-/m0/s1. The molecule has 1 heterocycles. The molecule has 28 heavy (non-hydrogen) atoms. The molecule has 1 aliphatic heterocycles. The summed E-state index contributed by atoms with van der Waals surface area (Å²) >= 11 is 0. The number of hydrogen-bond acceptors (Lipinski definition) is 7. The highest BCUT2D eigenvalue weighted by atomic mass is 16.5. The Hall–Kier alpha value is -3.10. The average molecular weight is 392 g/mol. The van der Waals surface area contributed by atoms with Gasteiger partial charge in [0, 0.05) is 0 Å². The van der Waals surface area contributed by atoms with Gasteiger partial charge in [-0.15, -0.1) is 0 Å². The molecule has 0 fully saturated rings. The number of esters is 2. The lowest BCUT2D eigenvalue weighted by Gasteiger charge is -2.25. The van der Waals surface area contributed by atoms with Gasteiger partial charge in [-0.3, -0.25) is 14.4 Å². The van der Waals surface area contributed by atoms with Gasteiger partial charge in [0.2, 0.25) is 0 Å². The Bertz CT molecular complexity index is 750. The summed E-state index contributed by atoms with van der Waals surface area (Å²) in [6, 6.07) is 6.01. The number of methoxy groups -OCH3 is 1. The molecule has 2 amide bonds. The topological polar surface area (TPSA) is 120 Å². The van der Waals surface area contributed by atoms with Crippen molar-refractivity contribution in [3.63, 3.8) is 0 Å². The van der Waals surface area contributed by atoms with Crippen molar-refractivity contribution < 1.29 is 33.4 Å². The first-order chi connectivity index (χ1) is 13.3. The summed E-state index contributed by atoms with van der Waals surface area (Å²) in [6.07, 6.45) is -0.748. The van der Waals surface area contributed by atoms with Crippen LogP contribution in [0.3, 0.4) is 0 Å². The van der Waals surface area contributed by atoms with Gasteiger partial charge >= 0.3 is 11.9 Å². The van der Waals surface area contributed by atoms with Gasteiger partial charge in [-0.05, 0) is 18.1 Å². The van der Waals surface area contributed by atoms with Crippen LogP contribution in [0.25, 0.3) is 0 Å². The van der Waals surface area contributed by atoms with Crippen molar-refractivity contribution >= 4 is 29.4 Å². The number of nitrogens with one attached hydrogen (secondary N) is 2. The molecule has 0 bridgehead atoms. The van der Waals surface area contributed by atoms with Crippen molar-refractivity contribution in [1.29, 1.82) is 0 Å². The molecule has 0 radical (unpaired) electrons. The van der Waals surface area contributed by atoms with Crippen LogP contribution in [-0.2, 0) is 28.7 Å². The van der Waals surface area contributed by atoms with Gasteiger partial charge in [-0.2, -0.15) is 0 Å². The third kappa shape index (κ3) is 5.45. The minimum atomic E-state index is -1.05. The van der Waals surface area contributed by atoms with E-state index in [0.29, 0.717) is 17.9 Å². The Labute approximate surface area is 162 Å². The summed E-state index contributed by atoms with van der Waals surface area (Å²) < 4.78 is 15.1. The Morgan fingerprint density at radius 3 is 2.68 bits per heavy atom. The van der Waals surface area contributed by atoms with Crippen LogP contribution in [0.2, 0.25) is 0 Å². The average Bonchev–Trinajstić information content (AvgIpc) is 2.69. The molecule has 0 saturated heterocycles. The van der Waals surface area contributed by atoms with E-state index >= 15 is 0 Å². The Balaban J connectivity index is 1.84. The van der Waals surface area contributed by atoms with Crippen LogP contribution in [0, 0.1) is 5.92 Å². The maximum atomic E-state index is 12.0. The molecule has 9 nitrogen and oxygen atoms in total. The molecule has 1 aromatic rings. The monoisotopic (exact) mass is 392 g/mol. The van der Waals surface area contributed by atoms with Crippen molar-refractivity contribution in [3.8, 4) is 5.75 Å². The lowest BCUT2D eigenvalue weighted by molar-refractivity contribution is -0.153. The van der Waals surface area contributed by atoms with Crippen molar-refractivity contribution in [2.45, 2.75) is 38.8 Å². The maximum Gasteiger partial charge on any atom is 0.328 e. The van der Waals surface area contributed by atoms with Crippen LogP contribution in [0.1, 0.15) is 26.7 Å². The highest BCUT2D eigenvalue weighted by molar-refractivity contribution is 5.99. The van der Waals surface area contributed by atoms with E-state index in [4.69, 9.17) is 9.47 Å². The third-order valence-corrected chi connectivity index (χ3v) is 4.41. The molecule has 0 unspecified atom stereocenters. The number of fused-ring (bicyclic) bond motifs is 1. The second-order valence-corrected chi connectivity index (χ2v) is 6.41. The molecule has 3 atom stereocenters. The molecule has 1 aliphatic rings. The number of ether oxygens (including phenoxy) is 3. The normalized spacial score (nSPS) is 17.2. The van der Waals surface area contributed by atoms with Crippen LogP contribution in [0.15, 0.2) is 24.3 Å². The predicted octanol–water partition coefficient (Wildman–Crippen LogP) is 1.02. The fraction of sp³-hybridized carbons (Fsp3) is 0.474. The summed E-state index contributed by atoms with van der Waals surface area (Å²) in [6.45, 7) is 3.10. The lowest BCUT2D eigenvalue weighted by Crippen LogP contribution is -2.47. The minimum absolute atomic E-state index is 0.147. The lowest BCUT2D eigenvalue weighted by atomic mass is 9.99. The van der Waals surface area contributed by atoms with Crippen LogP contribution in [0.4, 0.5) is 5.69 Å². The Morgan fingerprint density at radius 2 is 2.00 bits per heavy atom. The minimum Gasteiger partial charge on any atom is -0.478 e. The largest absolute Gasteiger partial charge is 0.478 e. The van der Waals surface area contributed by atoms with E-state index in [1.54, 1.807) is 31.2 Å². The number of para-hydroxylation sites is 2. The smallest absolute Gasteiger partial charge is 0.328 e. The van der Waals surface area contributed by atoms with E-state index in [9.17, 15) is 19.2 Å². The fourth-order valence-electron chi connectivity index (χ4n) is 2.59. The molecule has 0 aliphatic carbocycles. The SMILES string of the molecule is CC[C@H](C)[C@H](NC(=O)COC(=O)C[C@H]1Oc2ccccc2NC1=O)C(=O)OC. The van der Waals surface area contributed by atoms with Crippen molar-refractivity contribution in [1.82, 2.24) is 5.32 Å². The second-order valence-electron chi connectivity index (χ2n) is 6.41. The quantitative estimate of drug-likeness (QED) is 0.634. The number of hydrogen-bond donors (Lipinski definition) is 2. The van der Waals surface area contributed by atoms with Crippen LogP contribution in [0.5, 0.6) is 5.75 Å². The fourth-order valence-corrected chi connectivity index (χ4v) is 2.59. The maximum absolute atomic E-state index is 12.0. The van der Waals surface area contributed by atoms with Gasteiger partial charge in [0.1, 0.15) is 11.8 Å². The molecule has 0 aromatic heterocycles. The highest BCUT2D eigenvalue weighted by Gasteiger charge is 2.31. The summed E-state index contributed by atoms with van der Waals surface area (Å²) in [5.74, 6) is -2.14. The summed E-state index contributed by atoms with van der Waals surface area (Å²) in [5, 5.41) is 5.14.